The maximum atomic E-state index is 13.1. The number of anilines is 1. The van der Waals surface area contributed by atoms with Crippen LogP contribution >= 0.6 is 0 Å². The van der Waals surface area contributed by atoms with Gasteiger partial charge in [-0.15, -0.1) is 6.58 Å². The lowest BCUT2D eigenvalue weighted by Gasteiger charge is -2.35. The summed E-state index contributed by atoms with van der Waals surface area (Å²) in [6.45, 7) is 8.14. The molecule has 2 aromatic heterocycles. The van der Waals surface area contributed by atoms with Gasteiger partial charge in [0.2, 0.25) is 5.95 Å². The Hall–Kier alpha value is -3.21. The van der Waals surface area contributed by atoms with Gasteiger partial charge in [0.05, 0.1) is 25.9 Å². The number of rotatable bonds is 9. The highest BCUT2D eigenvalue weighted by Crippen LogP contribution is 2.22. The normalized spacial score (nSPS) is 15.7. The number of fused-ring (bicyclic) bond motifs is 1. The highest BCUT2D eigenvalue weighted by atomic mass is 16.5. The molecule has 0 unspecified atom stereocenters. The van der Waals surface area contributed by atoms with Crippen molar-refractivity contribution in [3.05, 3.63) is 69.4 Å². The van der Waals surface area contributed by atoms with Crippen molar-refractivity contribution in [3.63, 3.8) is 0 Å². The molecule has 1 atom stereocenters. The van der Waals surface area contributed by atoms with Crippen LogP contribution in [-0.4, -0.2) is 74.2 Å². The van der Waals surface area contributed by atoms with Crippen molar-refractivity contribution in [1.82, 2.24) is 23.6 Å². The molecule has 0 saturated carbocycles. The van der Waals surface area contributed by atoms with Crippen molar-refractivity contribution < 1.29 is 9.84 Å². The Morgan fingerprint density at radius 2 is 1.82 bits per heavy atom. The third-order valence-corrected chi connectivity index (χ3v) is 6.17. The third-order valence-electron chi connectivity index (χ3n) is 6.17. The number of hydrogen-bond acceptors (Lipinski definition) is 7. The molecular weight excluding hydrogens is 436 g/mol. The Kier molecular flexibility index (Phi) is 7.30. The average molecular weight is 469 g/mol. The fourth-order valence-electron chi connectivity index (χ4n) is 4.35. The molecule has 10 nitrogen and oxygen atoms in total. The summed E-state index contributed by atoms with van der Waals surface area (Å²) in [7, 11) is 3.06. The number of nitrogens with zero attached hydrogens (tertiary/aromatic N) is 6. The SMILES string of the molecule is C=CCOC[C@H](O)Cn1c(N2CCN(Cc3ccccc3)CC2)nc2c1c(=O)n(C)c(=O)n2C. The zero-order chi connectivity index (χ0) is 24.2. The fourth-order valence-corrected chi connectivity index (χ4v) is 4.35. The Balaban J connectivity index is 1.63. The molecular formula is C24H32N6O4. The van der Waals surface area contributed by atoms with Gasteiger partial charge in [-0.2, -0.15) is 4.98 Å². The molecule has 10 heteroatoms. The number of aliphatic hydroxyl groups excluding tert-OH is 1. The van der Waals surface area contributed by atoms with Gasteiger partial charge >= 0.3 is 5.69 Å². The lowest BCUT2D eigenvalue weighted by atomic mass is 10.2. The van der Waals surface area contributed by atoms with Crippen LogP contribution in [0.5, 0.6) is 0 Å². The molecule has 0 aliphatic carbocycles. The minimum absolute atomic E-state index is 0.0993. The Morgan fingerprint density at radius 3 is 2.50 bits per heavy atom. The Labute approximate surface area is 197 Å². The number of hydrogen-bond donors (Lipinski definition) is 1. The van der Waals surface area contributed by atoms with Crippen molar-refractivity contribution in [1.29, 1.82) is 0 Å². The lowest BCUT2D eigenvalue weighted by Crippen LogP contribution is -2.47. The van der Waals surface area contributed by atoms with Crippen molar-refractivity contribution in [2.45, 2.75) is 19.2 Å². The number of aromatic nitrogens is 4. The van der Waals surface area contributed by atoms with E-state index in [1.165, 1.54) is 17.2 Å². The second kappa shape index (κ2) is 10.4. The van der Waals surface area contributed by atoms with E-state index in [1.54, 1.807) is 17.7 Å². The summed E-state index contributed by atoms with van der Waals surface area (Å²) in [5.41, 5.74) is 1.02. The largest absolute Gasteiger partial charge is 0.389 e. The maximum Gasteiger partial charge on any atom is 0.332 e. The number of ether oxygens (including phenoxy) is 1. The van der Waals surface area contributed by atoms with Gasteiger partial charge in [-0.05, 0) is 5.56 Å². The first-order chi connectivity index (χ1) is 16.4. The lowest BCUT2D eigenvalue weighted by molar-refractivity contribution is 0.0403. The van der Waals surface area contributed by atoms with Gasteiger partial charge < -0.3 is 19.3 Å². The second-order valence-corrected chi connectivity index (χ2v) is 8.63. The second-order valence-electron chi connectivity index (χ2n) is 8.63. The number of aryl methyl sites for hydroxylation is 1. The topological polar surface area (TPSA) is 97.8 Å². The minimum Gasteiger partial charge on any atom is -0.389 e. The molecule has 1 aliphatic heterocycles. The maximum absolute atomic E-state index is 13.1. The molecule has 3 heterocycles. The molecule has 1 saturated heterocycles. The minimum atomic E-state index is -0.850. The van der Waals surface area contributed by atoms with E-state index in [2.05, 4.69) is 28.5 Å². The van der Waals surface area contributed by atoms with E-state index in [0.717, 1.165) is 24.2 Å². The summed E-state index contributed by atoms with van der Waals surface area (Å²) in [6, 6.07) is 10.3. The molecule has 1 N–H and O–H groups in total. The highest BCUT2D eigenvalue weighted by Gasteiger charge is 2.26. The first-order valence-electron chi connectivity index (χ1n) is 11.4. The summed E-state index contributed by atoms with van der Waals surface area (Å²) in [4.78, 5) is 34.7. The van der Waals surface area contributed by atoms with Crippen LogP contribution in [0.15, 0.2) is 52.6 Å². The molecule has 3 aromatic rings. The standard InChI is InChI=1S/C24H32N6O4/c1-4-14-34-17-19(31)16-30-20-21(26(2)24(33)27(3)22(20)32)25-23(30)29-12-10-28(11-13-29)15-18-8-6-5-7-9-18/h4-9,19,31H,1,10-17H2,2-3H3/t19-/m1/s1. The van der Waals surface area contributed by atoms with Gasteiger partial charge in [-0.25, -0.2) is 4.79 Å². The van der Waals surface area contributed by atoms with Crippen LogP contribution in [0, 0.1) is 0 Å². The van der Waals surface area contributed by atoms with Crippen LogP contribution in [0.25, 0.3) is 11.2 Å². The van der Waals surface area contributed by atoms with Crippen molar-refractivity contribution in [2.75, 3.05) is 44.3 Å². The first kappa shape index (κ1) is 23.9. The number of piperazine rings is 1. The Bertz CT molecular complexity index is 1250. The van der Waals surface area contributed by atoms with Crippen LogP contribution in [0.4, 0.5) is 5.95 Å². The van der Waals surface area contributed by atoms with Crippen LogP contribution in [0.1, 0.15) is 5.56 Å². The predicted molar refractivity (Wildman–Crippen MR) is 131 cm³/mol. The molecule has 0 bridgehead atoms. The van der Waals surface area contributed by atoms with E-state index in [9.17, 15) is 14.7 Å². The van der Waals surface area contributed by atoms with Gasteiger partial charge in [0.1, 0.15) is 0 Å². The molecule has 0 amide bonds. The van der Waals surface area contributed by atoms with E-state index < -0.39 is 17.4 Å². The smallest absolute Gasteiger partial charge is 0.332 e. The van der Waals surface area contributed by atoms with E-state index in [4.69, 9.17) is 9.72 Å². The van der Waals surface area contributed by atoms with Crippen molar-refractivity contribution >= 4 is 17.1 Å². The predicted octanol–water partition coefficient (Wildman–Crippen LogP) is 0.319. The van der Waals surface area contributed by atoms with E-state index >= 15 is 0 Å². The summed E-state index contributed by atoms with van der Waals surface area (Å²) >= 11 is 0. The highest BCUT2D eigenvalue weighted by molar-refractivity contribution is 5.74. The van der Waals surface area contributed by atoms with Crippen LogP contribution in [0.3, 0.4) is 0 Å². The molecule has 1 aromatic carbocycles. The van der Waals surface area contributed by atoms with Crippen molar-refractivity contribution in [2.24, 2.45) is 14.1 Å². The fraction of sp³-hybridized carbons (Fsp3) is 0.458. The summed E-state index contributed by atoms with van der Waals surface area (Å²) in [5, 5.41) is 10.6. The Morgan fingerprint density at radius 1 is 1.12 bits per heavy atom. The summed E-state index contributed by atoms with van der Waals surface area (Å²) < 4.78 is 9.58. The zero-order valence-electron chi connectivity index (χ0n) is 19.8. The quantitative estimate of drug-likeness (QED) is 0.357. The molecule has 0 radical (unpaired) electrons. The number of imidazole rings is 1. The summed E-state index contributed by atoms with van der Waals surface area (Å²) in [6.07, 6.45) is 0.767. The van der Waals surface area contributed by atoms with Crippen LogP contribution < -0.4 is 16.1 Å². The molecule has 0 spiro atoms. The van der Waals surface area contributed by atoms with Crippen molar-refractivity contribution in [3.8, 4) is 0 Å². The van der Waals surface area contributed by atoms with E-state index in [1.807, 2.05) is 18.2 Å². The zero-order valence-corrected chi connectivity index (χ0v) is 19.8. The van der Waals surface area contributed by atoms with Gasteiger partial charge in [-0.3, -0.25) is 18.8 Å². The van der Waals surface area contributed by atoms with E-state index in [-0.39, 0.29) is 13.2 Å². The summed E-state index contributed by atoms with van der Waals surface area (Å²) in [5.74, 6) is 0.579. The molecule has 1 fully saturated rings. The third kappa shape index (κ3) is 4.84. The van der Waals surface area contributed by atoms with Crippen LogP contribution in [0.2, 0.25) is 0 Å². The van der Waals surface area contributed by atoms with Gasteiger partial charge in [0, 0.05) is 46.8 Å². The molecule has 34 heavy (non-hydrogen) atoms. The van der Waals surface area contributed by atoms with Crippen LogP contribution in [-0.2, 0) is 31.9 Å². The monoisotopic (exact) mass is 468 g/mol. The van der Waals surface area contributed by atoms with E-state index in [0.29, 0.717) is 36.8 Å². The molecule has 182 valence electrons. The van der Waals surface area contributed by atoms with Gasteiger partial charge in [0.25, 0.3) is 5.56 Å². The van der Waals surface area contributed by atoms with Gasteiger partial charge in [-0.1, -0.05) is 36.4 Å². The first-order valence-corrected chi connectivity index (χ1v) is 11.4. The molecule has 4 rings (SSSR count). The number of benzene rings is 1. The molecule has 1 aliphatic rings. The number of aliphatic hydroxyl groups is 1. The average Bonchev–Trinajstić information content (AvgIpc) is 3.22. The van der Waals surface area contributed by atoms with Gasteiger partial charge in [0.15, 0.2) is 11.2 Å².